The third-order valence-corrected chi connectivity index (χ3v) is 2.87. The predicted octanol–water partition coefficient (Wildman–Crippen LogP) is 2.54. The van der Waals surface area contributed by atoms with E-state index in [1.165, 1.54) is 12.7 Å². The maximum Gasteiger partial charge on any atom is 0.309 e. The van der Waals surface area contributed by atoms with E-state index in [4.69, 9.17) is 4.74 Å². The Hall–Kier alpha value is -0.790. The first-order valence-electron chi connectivity index (χ1n) is 4.71. The Labute approximate surface area is 80.0 Å². The number of carbonyl (C=O) groups is 1. The third-order valence-electron chi connectivity index (χ3n) is 2.87. The van der Waals surface area contributed by atoms with E-state index in [0.717, 1.165) is 12.8 Å². The SMILES string of the molecule is COC(=O)C1CC=C(C)CC1(C)C. The summed E-state index contributed by atoms with van der Waals surface area (Å²) >= 11 is 0. The Morgan fingerprint density at radius 3 is 2.69 bits per heavy atom. The predicted molar refractivity (Wildman–Crippen MR) is 52.3 cm³/mol. The van der Waals surface area contributed by atoms with Crippen molar-refractivity contribution >= 4 is 5.97 Å². The summed E-state index contributed by atoms with van der Waals surface area (Å²) in [6.07, 6.45) is 3.96. The molecule has 1 rings (SSSR count). The van der Waals surface area contributed by atoms with Crippen molar-refractivity contribution in [3.8, 4) is 0 Å². The summed E-state index contributed by atoms with van der Waals surface area (Å²) in [5.41, 5.74) is 1.43. The van der Waals surface area contributed by atoms with E-state index in [9.17, 15) is 4.79 Å². The van der Waals surface area contributed by atoms with Gasteiger partial charge in [0, 0.05) is 0 Å². The van der Waals surface area contributed by atoms with Gasteiger partial charge in [0.15, 0.2) is 0 Å². The summed E-state index contributed by atoms with van der Waals surface area (Å²) in [6, 6.07) is 0. The van der Waals surface area contributed by atoms with Crippen LogP contribution in [0.1, 0.15) is 33.6 Å². The van der Waals surface area contributed by atoms with Crippen LogP contribution in [0.5, 0.6) is 0 Å². The highest BCUT2D eigenvalue weighted by molar-refractivity contribution is 5.73. The second-order valence-corrected chi connectivity index (χ2v) is 4.53. The molecular formula is C11H18O2. The first-order chi connectivity index (χ1) is 5.97. The van der Waals surface area contributed by atoms with Crippen LogP contribution in [0.4, 0.5) is 0 Å². The normalized spacial score (nSPS) is 26.5. The molecule has 13 heavy (non-hydrogen) atoms. The molecule has 1 atom stereocenters. The summed E-state index contributed by atoms with van der Waals surface area (Å²) in [5, 5.41) is 0. The number of carbonyl (C=O) groups excluding carboxylic acids is 1. The molecule has 0 aromatic rings. The molecule has 0 aromatic heterocycles. The minimum atomic E-state index is -0.0752. The van der Waals surface area contributed by atoms with Crippen LogP contribution < -0.4 is 0 Å². The standard InChI is InChI=1S/C11H18O2/c1-8-5-6-9(10(12)13-4)11(2,3)7-8/h5,9H,6-7H2,1-4H3. The lowest BCUT2D eigenvalue weighted by Gasteiger charge is -2.35. The lowest BCUT2D eigenvalue weighted by atomic mass is 9.69. The van der Waals surface area contributed by atoms with Crippen molar-refractivity contribution in [1.29, 1.82) is 0 Å². The van der Waals surface area contributed by atoms with Crippen molar-refractivity contribution in [3.63, 3.8) is 0 Å². The second-order valence-electron chi connectivity index (χ2n) is 4.53. The van der Waals surface area contributed by atoms with Gasteiger partial charge in [-0.05, 0) is 25.2 Å². The van der Waals surface area contributed by atoms with Crippen LogP contribution in [0.15, 0.2) is 11.6 Å². The molecule has 74 valence electrons. The van der Waals surface area contributed by atoms with Crippen LogP contribution in [0.3, 0.4) is 0 Å². The molecular weight excluding hydrogens is 164 g/mol. The van der Waals surface area contributed by atoms with Gasteiger partial charge in [0.2, 0.25) is 0 Å². The van der Waals surface area contributed by atoms with E-state index in [1.807, 2.05) is 0 Å². The van der Waals surface area contributed by atoms with Crippen LogP contribution in [0.25, 0.3) is 0 Å². The van der Waals surface area contributed by atoms with Crippen LogP contribution in [-0.2, 0) is 9.53 Å². The molecule has 0 heterocycles. The Morgan fingerprint density at radius 1 is 1.62 bits per heavy atom. The van der Waals surface area contributed by atoms with Crippen LogP contribution >= 0.6 is 0 Å². The van der Waals surface area contributed by atoms with Gasteiger partial charge >= 0.3 is 5.97 Å². The zero-order chi connectivity index (χ0) is 10.1. The van der Waals surface area contributed by atoms with Crippen molar-refractivity contribution in [1.82, 2.24) is 0 Å². The Kier molecular flexibility index (Phi) is 2.79. The lowest BCUT2D eigenvalue weighted by molar-refractivity contribution is -0.149. The van der Waals surface area contributed by atoms with E-state index in [1.54, 1.807) is 0 Å². The molecule has 1 unspecified atom stereocenters. The van der Waals surface area contributed by atoms with Gasteiger partial charge < -0.3 is 4.74 Å². The molecule has 0 aromatic carbocycles. The quantitative estimate of drug-likeness (QED) is 0.460. The van der Waals surface area contributed by atoms with Gasteiger partial charge in [-0.2, -0.15) is 0 Å². The average molecular weight is 182 g/mol. The molecule has 2 nitrogen and oxygen atoms in total. The molecule has 0 fully saturated rings. The van der Waals surface area contributed by atoms with E-state index >= 15 is 0 Å². The maximum atomic E-state index is 11.4. The van der Waals surface area contributed by atoms with Crippen LogP contribution in [0.2, 0.25) is 0 Å². The van der Waals surface area contributed by atoms with Crippen molar-refractivity contribution in [2.75, 3.05) is 7.11 Å². The van der Waals surface area contributed by atoms with E-state index in [-0.39, 0.29) is 17.3 Å². The van der Waals surface area contributed by atoms with Gasteiger partial charge in [0.05, 0.1) is 13.0 Å². The van der Waals surface area contributed by atoms with Gasteiger partial charge in [0.1, 0.15) is 0 Å². The van der Waals surface area contributed by atoms with E-state index < -0.39 is 0 Å². The monoisotopic (exact) mass is 182 g/mol. The fourth-order valence-corrected chi connectivity index (χ4v) is 2.11. The zero-order valence-corrected chi connectivity index (χ0v) is 8.89. The largest absolute Gasteiger partial charge is 0.469 e. The van der Waals surface area contributed by atoms with Gasteiger partial charge in [-0.15, -0.1) is 0 Å². The summed E-state index contributed by atoms with van der Waals surface area (Å²) in [6.45, 7) is 6.38. The van der Waals surface area contributed by atoms with Crippen molar-refractivity contribution in [2.45, 2.75) is 33.6 Å². The number of hydrogen-bond donors (Lipinski definition) is 0. The van der Waals surface area contributed by atoms with Gasteiger partial charge in [-0.25, -0.2) is 0 Å². The Morgan fingerprint density at radius 2 is 2.23 bits per heavy atom. The molecule has 0 radical (unpaired) electrons. The number of methoxy groups -OCH3 is 1. The Bertz CT molecular complexity index is 238. The van der Waals surface area contributed by atoms with Crippen molar-refractivity contribution in [2.24, 2.45) is 11.3 Å². The van der Waals surface area contributed by atoms with Crippen molar-refractivity contribution in [3.05, 3.63) is 11.6 Å². The van der Waals surface area contributed by atoms with Gasteiger partial charge in [-0.1, -0.05) is 25.5 Å². The minimum Gasteiger partial charge on any atom is -0.469 e. The van der Waals surface area contributed by atoms with Gasteiger partial charge in [0.25, 0.3) is 0 Å². The Balaban J connectivity index is 2.82. The number of esters is 1. The second kappa shape index (κ2) is 3.52. The molecule has 1 aliphatic rings. The molecule has 0 saturated carbocycles. The number of hydrogen-bond acceptors (Lipinski definition) is 2. The molecule has 0 N–H and O–H groups in total. The third kappa shape index (κ3) is 2.11. The number of ether oxygens (including phenoxy) is 1. The molecule has 1 aliphatic carbocycles. The average Bonchev–Trinajstić information content (AvgIpc) is 2.01. The fourth-order valence-electron chi connectivity index (χ4n) is 2.11. The molecule has 0 aliphatic heterocycles. The van der Waals surface area contributed by atoms with Gasteiger partial charge in [-0.3, -0.25) is 4.79 Å². The highest BCUT2D eigenvalue weighted by Gasteiger charge is 2.37. The maximum absolute atomic E-state index is 11.4. The highest BCUT2D eigenvalue weighted by atomic mass is 16.5. The van der Waals surface area contributed by atoms with Crippen LogP contribution in [-0.4, -0.2) is 13.1 Å². The zero-order valence-electron chi connectivity index (χ0n) is 8.89. The van der Waals surface area contributed by atoms with E-state index in [0.29, 0.717) is 0 Å². The summed E-state index contributed by atoms with van der Waals surface area (Å²) < 4.78 is 4.79. The van der Waals surface area contributed by atoms with Crippen LogP contribution in [0, 0.1) is 11.3 Å². The summed E-state index contributed by atoms with van der Waals surface area (Å²) in [7, 11) is 1.46. The lowest BCUT2D eigenvalue weighted by Crippen LogP contribution is -2.34. The van der Waals surface area contributed by atoms with E-state index in [2.05, 4.69) is 26.8 Å². The molecule has 2 heteroatoms. The molecule has 0 amide bonds. The smallest absolute Gasteiger partial charge is 0.309 e. The highest BCUT2D eigenvalue weighted by Crippen LogP contribution is 2.40. The van der Waals surface area contributed by atoms with Crippen molar-refractivity contribution < 1.29 is 9.53 Å². The first kappa shape index (κ1) is 10.3. The topological polar surface area (TPSA) is 26.3 Å². The molecule has 0 bridgehead atoms. The first-order valence-corrected chi connectivity index (χ1v) is 4.71. The molecule has 0 saturated heterocycles. The summed E-state index contributed by atoms with van der Waals surface area (Å²) in [4.78, 5) is 11.4. The number of rotatable bonds is 1. The number of allylic oxidation sites excluding steroid dienone is 2. The summed E-state index contributed by atoms with van der Waals surface area (Å²) in [5.74, 6) is -0.0463. The fraction of sp³-hybridized carbons (Fsp3) is 0.727. The minimum absolute atomic E-state index is 0.0289. The molecule has 0 spiro atoms.